The van der Waals surface area contributed by atoms with Crippen LogP contribution in [-0.4, -0.2) is 41.1 Å². The van der Waals surface area contributed by atoms with Gasteiger partial charge in [-0.05, 0) is 65.7 Å². The third-order valence-corrected chi connectivity index (χ3v) is 6.05. The lowest BCUT2D eigenvalue weighted by molar-refractivity contribution is 0.177. The molecule has 4 heteroatoms. The highest BCUT2D eigenvalue weighted by Crippen LogP contribution is 2.21. The van der Waals surface area contributed by atoms with Gasteiger partial charge in [0.15, 0.2) is 5.11 Å². The van der Waals surface area contributed by atoms with E-state index in [1.807, 2.05) is 0 Å². The Morgan fingerprint density at radius 1 is 0.893 bits per heavy atom. The lowest BCUT2D eigenvalue weighted by Gasteiger charge is -2.36. The summed E-state index contributed by atoms with van der Waals surface area (Å²) in [4.78, 5) is 4.81. The molecule has 4 rings (SSSR count). The number of fused-ring (bicyclic) bond motifs is 1. The smallest absolute Gasteiger partial charge is 0.173 e. The van der Waals surface area contributed by atoms with Crippen molar-refractivity contribution in [3.63, 3.8) is 0 Å². The van der Waals surface area contributed by atoms with Crippen LogP contribution in [0.2, 0.25) is 0 Å². The largest absolute Gasteiger partial charge is 0.346 e. The molecule has 0 bridgehead atoms. The van der Waals surface area contributed by atoms with Crippen molar-refractivity contribution in [1.82, 2.24) is 9.80 Å². The summed E-state index contributed by atoms with van der Waals surface area (Å²) < 4.78 is 0. The monoisotopic (exact) mass is 389 g/mol. The number of benzene rings is 3. The van der Waals surface area contributed by atoms with Crippen LogP contribution in [0.25, 0.3) is 10.8 Å². The lowest BCUT2D eigenvalue weighted by Crippen LogP contribution is -2.49. The fourth-order valence-electron chi connectivity index (χ4n) is 3.80. The van der Waals surface area contributed by atoms with E-state index >= 15 is 0 Å². The van der Waals surface area contributed by atoms with Crippen LogP contribution >= 0.6 is 12.2 Å². The van der Waals surface area contributed by atoms with Gasteiger partial charge in [0, 0.05) is 38.4 Å². The van der Waals surface area contributed by atoms with Crippen molar-refractivity contribution in [2.24, 2.45) is 0 Å². The molecular weight excluding hydrogens is 362 g/mol. The predicted octanol–water partition coefficient (Wildman–Crippen LogP) is 4.97. The van der Waals surface area contributed by atoms with Gasteiger partial charge < -0.3 is 10.2 Å². The van der Waals surface area contributed by atoms with Crippen molar-refractivity contribution in [2.45, 2.75) is 20.4 Å². The molecule has 0 amide bonds. The van der Waals surface area contributed by atoms with Crippen LogP contribution in [0.4, 0.5) is 5.69 Å². The summed E-state index contributed by atoms with van der Waals surface area (Å²) in [7, 11) is 0. The highest BCUT2D eigenvalue weighted by Gasteiger charge is 2.19. The molecule has 0 aliphatic carbocycles. The number of anilines is 1. The first-order valence-electron chi connectivity index (χ1n) is 9.92. The lowest BCUT2D eigenvalue weighted by atomic mass is 10.0. The zero-order valence-electron chi connectivity index (χ0n) is 16.6. The maximum atomic E-state index is 5.66. The zero-order chi connectivity index (χ0) is 19.5. The topological polar surface area (TPSA) is 18.5 Å². The molecule has 1 N–H and O–H groups in total. The van der Waals surface area contributed by atoms with Crippen molar-refractivity contribution in [3.05, 3.63) is 77.4 Å². The van der Waals surface area contributed by atoms with Crippen molar-refractivity contribution in [1.29, 1.82) is 0 Å². The quantitative estimate of drug-likeness (QED) is 0.637. The van der Waals surface area contributed by atoms with E-state index in [-0.39, 0.29) is 0 Å². The normalized spacial score (nSPS) is 15.0. The molecule has 0 unspecified atom stereocenters. The van der Waals surface area contributed by atoms with Crippen molar-refractivity contribution >= 4 is 33.8 Å². The van der Waals surface area contributed by atoms with Gasteiger partial charge in [-0.1, -0.05) is 48.5 Å². The van der Waals surface area contributed by atoms with Gasteiger partial charge in [0.1, 0.15) is 0 Å². The molecule has 0 radical (unpaired) electrons. The fraction of sp³-hybridized carbons (Fsp3) is 0.292. The van der Waals surface area contributed by atoms with Crippen LogP contribution in [-0.2, 0) is 6.54 Å². The Morgan fingerprint density at radius 2 is 1.64 bits per heavy atom. The second-order valence-corrected chi connectivity index (χ2v) is 8.02. The Morgan fingerprint density at radius 3 is 2.43 bits per heavy atom. The van der Waals surface area contributed by atoms with Gasteiger partial charge in [0.05, 0.1) is 0 Å². The number of aryl methyl sites for hydroxylation is 2. The van der Waals surface area contributed by atoms with Crippen LogP contribution in [0.3, 0.4) is 0 Å². The van der Waals surface area contributed by atoms with Gasteiger partial charge in [0.2, 0.25) is 0 Å². The Labute approximate surface area is 173 Å². The summed E-state index contributed by atoms with van der Waals surface area (Å²) in [6, 6.07) is 21.7. The SMILES string of the molecule is Cc1ccc(NC(=S)N2CCN(Cc3cccc4ccccc34)CC2)cc1C. The fourth-order valence-corrected chi connectivity index (χ4v) is 4.10. The molecule has 144 valence electrons. The van der Waals surface area contributed by atoms with E-state index in [0.717, 1.165) is 43.5 Å². The Kier molecular flexibility index (Phi) is 5.60. The van der Waals surface area contributed by atoms with Crippen molar-refractivity contribution in [3.8, 4) is 0 Å². The maximum absolute atomic E-state index is 5.66. The third kappa shape index (κ3) is 4.18. The number of piperazine rings is 1. The standard InChI is InChI=1S/C24H27N3S/c1-18-10-11-22(16-19(18)2)25-24(28)27-14-12-26(13-15-27)17-21-8-5-7-20-6-3-4-9-23(20)21/h3-11,16H,12-15,17H2,1-2H3,(H,25,28). The molecule has 0 saturated carbocycles. The summed E-state index contributed by atoms with van der Waals surface area (Å²) in [5.41, 5.74) is 5.07. The van der Waals surface area contributed by atoms with E-state index < -0.39 is 0 Å². The van der Waals surface area contributed by atoms with E-state index in [9.17, 15) is 0 Å². The maximum Gasteiger partial charge on any atom is 0.173 e. The molecule has 1 heterocycles. The Balaban J connectivity index is 1.35. The Hall–Kier alpha value is -2.43. The first kappa shape index (κ1) is 18.9. The number of nitrogens with zero attached hydrogens (tertiary/aromatic N) is 2. The molecule has 1 saturated heterocycles. The van der Waals surface area contributed by atoms with E-state index in [1.54, 1.807) is 0 Å². The van der Waals surface area contributed by atoms with Crippen molar-refractivity contribution in [2.75, 3.05) is 31.5 Å². The number of hydrogen-bond donors (Lipinski definition) is 1. The van der Waals surface area contributed by atoms with Crippen LogP contribution in [0.1, 0.15) is 16.7 Å². The minimum absolute atomic E-state index is 0.827. The number of rotatable bonds is 3. The number of hydrogen-bond acceptors (Lipinski definition) is 2. The van der Waals surface area contributed by atoms with E-state index in [0.29, 0.717) is 0 Å². The van der Waals surface area contributed by atoms with Crippen LogP contribution in [0, 0.1) is 13.8 Å². The molecule has 0 spiro atoms. The molecule has 1 aliphatic heterocycles. The van der Waals surface area contributed by atoms with Crippen LogP contribution in [0.15, 0.2) is 60.7 Å². The molecule has 1 fully saturated rings. The van der Waals surface area contributed by atoms with Gasteiger partial charge >= 0.3 is 0 Å². The van der Waals surface area contributed by atoms with Crippen LogP contribution < -0.4 is 5.32 Å². The average molecular weight is 390 g/mol. The molecule has 0 aromatic heterocycles. The molecule has 3 aromatic carbocycles. The summed E-state index contributed by atoms with van der Waals surface area (Å²) >= 11 is 5.66. The molecule has 0 atom stereocenters. The van der Waals surface area contributed by atoms with Gasteiger partial charge in [-0.3, -0.25) is 4.90 Å². The minimum Gasteiger partial charge on any atom is -0.346 e. The molecule has 28 heavy (non-hydrogen) atoms. The third-order valence-electron chi connectivity index (χ3n) is 5.69. The van der Waals surface area contributed by atoms with Gasteiger partial charge in [-0.15, -0.1) is 0 Å². The van der Waals surface area contributed by atoms with Gasteiger partial charge in [-0.2, -0.15) is 0 Å². The van der Waals surface area contributed by atoms with Crippen LogP contribution in [0.5, 0.6) is 0 Å². The highest BCUT2D eigenvalue weighted by atomic mass is 32.1. The summed E-state index contributed by atoms with van der Waals surface area (Å²) in [6.07, 6.45) is 0. The molecule has 3 nitrogen and oxygen atoms in total. The predicted molar refractivity (Wildman–Crippen MR) is 123 cm³/mol. The summed E-state index contributed by atoms with van der Waals surface area (Å²) in [6.45, 7) is 9.23. The first-order chi connectivity index (χ1) is 13.6. The molecular formula is C24H27N3S. The molecule has 3 aromatic rings. The van der Waals surface area contributed by atoms with E-state index in [1.165, 1.54) is 27.5 Å². The second kappa shape index (κ2) is 8.29. The second-order valence-electron chi connectivity index (χ2n) is 7.63. The zero-order valence-corrected chi connectivity index (χ0v) is 17.4. The minimum atomic E-state index is 0.827. The number of nitrogens with one attached hydrogen (secondary N) is 1. The number of thiocarbonyl (C=S) groups is 1. The van der Waals surface area contributed by atoms with E-state index in [4.69, 9.17) is 12.2 Å². The average Bonchev–Trinajstić information content (AvgIpc) is 2.71. The highest BCUT2D eigenvalue weighted by molar-refractivity contribution is 7.80. The van der Waals surface area contributed by atoms with Gasteiger partial charge in [0.25, 0.3) is 0 Å². The Bertz CT molecular complexity index is 985. The molecule has 1 aliphatic rings. The summed E-state index contributed by atoms with van der Waals surface area (Å²) in [5.74, 6) is 0. The van der Waals surface area contributed by atoms with Gasteiger partial charge in [-0.25, -0.2) is 0 Å². The first-order valence-corrected chi connectivity index (χ1v) is 10.3. The summed E-state index contributed by atoms with van der Waals surface area (Å²) in [5, 5.41) is 6.91. The van der Waals surface area contributed by atoms with Crippen molar-refractivity contribution < 1.29 is 0 Å². The van der Waals surface area contributed by atoms with E-state index in [2.05, 4.69) is 89.6 Å².